The van der Waals surface area contributed by atoms with Gasteiger partial charge in [0.25, 0.3) is 0 Å². The molecule has 0 amide bonds. The van der Waals surface area contributed by atoms with Gasteiger partial charge in [-0.25, -0.2) is 9.98 Å². The summed E-state index contributed by atoms with van der Waals surface area (Å²) < 4.78 is 27.1. The molecular formula is C31H34BN2O4Si2. The van der Waals surface area contributed by atoms with Crippen molar-refractivity contribution in [1.29, 1.82) is 0 Å². The average Bonchev–Trinajstić information content (AvgIpc) is 3.49. The van der Waals surface area contributed by atoms with Gasteiger partial charge < -0.3 is 14.2 Å². The molecule has 0 aromatic heterocycles. The minimum atomic E-state index is -0.253. The van der Waals surface area contributed by atoms with Crippen molar-refractivity contribution in [3.8, 4) is 16.9 Å². The Labute approximate surface area is 246 Å². The number of aryl methyl sites for hydroxylation is 1. The first-order chi connectivity index (χ1) is 18.6. The Morgan fingerprint density at radius 1 is 0.825 bits per heavy atom. The van der Waals surface area contributed by atoms with Crippen LogP contribution in [0.4, 0.5) is 0 Å². The van der Waals surface area contributed by atoms with Crippen LogP contribution in [0.1, 0.15) is 49.9 Å². The summed E-state index contributed by atoms with van der Waals surface area (Å²) in [6.07, 6.45) is 0. The van der Waals surface area contributed by atoms with Crippen LogP contribution >= 0.6 is 0 Å². The van der Waals surface area contributed by atoms with Crippen LogP contribution in [0, 0.1) is 6.92 Å². The maximum Gasteiger partial charge on any atom is 0 e. The van der Waals surface area contributed by atoms with E-state index < -0.39 is 0 Å². The van der Waals surface area contributed by atoms with Gasteiger partial charge in [-0.3, -0.25) is 0 Å². The minimum Gasteiger partial charge on any atom is 0 e. The van der Waals surface area contributed by atoms with Gasteiger partial charge in [0.05, 0.1) is 11.1 Å². The van der Waals surface area contributed by atoms with Crippen molar-refractivity contribution in [3.05, 3.63) is 89.0 Å². The van der Waals surface area contributed by atoms with Gasteiger partial charge in [-0.05, 0) is 75.6 Å². The monoisotopic (exact) mass is 565 g/mol. The fourth-order valence-electron chi connectivity index (χ4n) is 4.13. The molecule has 9 heteroatoms. The maximum atomic E-state index is 9.12. The van der Waals surface area contributed by atoms with E-state index in [9.17, 15) is 0 Å². The van der Waals surface area contributed by atoms with Crippen molar-refractivity contribution in [2.45, 2.75) is 58.2 Å². The van der Waals surface area contributed by atoms with Crippen LogP contribution in [-0.4, -0.2) is 64.4 Å². The molecule has 7 radical (unpaired) electrons. The molecule has 0 spiro atoms. The quantitative estimate of drug-likeness (QED) is 0.352. The van der Waals surface area contributed by atoms with Crippen molar-refractivity contribution in [2.75, 3.05) is 13.2 Å². The van der Waals surface area contributed by atoms with E-state index in [1.54, 1.807) is 0 Å². The summed E-state index contributed by atoms with van der Waals surface area (Å²) in [7, 11) is 3.71. The fraction of sp³-hybridized carbons (Fsp3) is 0.355. The summed E-state index contributed by atoms with van der Waals surface area (Å²) in [5.74, 6) is 2.57. The van der Waals surface area contributed by atoms with E-state index in [0.717, 1.165) is 40.7 Å². The molecule has 2 heterocycles. The van der Waals surface area contributed by atoms with E-state index in [4.69, 9.17) is 28.9 Å². The summed E-state index contributed by atoms with van der Waals surface area (Å²) >= 11 is 0. The summed E-state index contributed by atoms with van der Waals surface area (Å²) in [6.45, 7) is 12.0. The Kier molecular flexibility index (Phi) is 10.4. The Hall–Kier alpha value is -3.30. The van der Waals surface area contributed by atoms with Gasteiger partial charge in [-0.1, -0.05) is 48.0 Å². The molecule has 0 saturated heterocycles. The van der Waals surface area contributed by atoms with E-state index in [2.05, 4.69) is 99.5 Å². The van der Waals surface area contributed by atoms with Crippen LogP contribution < -0.4 is 4.74 Å². The van der Waals surface area contributed by atoms with E-state index in [1.165, 1.54) is 5.56 Å². The smallest absolute Gasteiger partial charge is 0 e. The number of nitrogens with zero attached hydrogens (tertiary/aromatic N) is 2. The second kappa shape index (κ2) is 13.4. The zero-order chi connectivity index (χ0) is 28.0. The van der Waals surface area contributed by atoms with E-state index >= 15 is 0 Å². The molecule has 0 bridgehead atoms. The third-order valence-electron chi connectivity index (χ3n) is 6.21. The normalized spacial score (nSPS) is 16.1. The van der Waals surface area contributed by atoms with Crippen LogP contribution in [0.3, 0.4) is 0 Å². The molecule has 0 aliphatic carbocycles. The third kappa shape index (κ3) is 8.11. The number of aliphatic imine (C=N–C) groups is 2. The number of benzene rings is 3. The van der Waals surface area contributed by atoms with E-state index in [0.29, 0.717) is 37.6 Å². The first-order valence-corrected chi connectivity index (χ1v) is 13.8. The van der Waals surface area contributed by atoms with E-state index in [1.807, 2.05) is 12.1 Å². The standard InChI is InChI=1S/C30H32N2O3.CH2BOSi.Si/c1-20-6-8-21(9-7-20)17-33-24-13-10-22(11-14-24)23-12-15-25(27-31-29(2,3)18-34-27)26(16-23)28-32-30(4,5)19-35-28;3-2-1-4;/h6-16H,17-19H2,1-5H3;1H2;. The molecule has 0 saturated carbocycles. The number of rotatable bonds is 7. The summed E-state index contributed by atoms with van der Waals surface area (Å²) in [5, 5.41) is 0. The zero-order valence-electron chi connectivity index (χ0n) is 23.8. The van der Waals surface area contributed by atoms with Crippen LogP contribution in [-0.2, 0) is 20.8 Å². The predicted octanol–water partition coefficient (Wildman–Crippen LogP) is 5.55. The Balaban J connectivity index is 0.000000828. The fourth-order valence-corrected chi connectivity index (χ4v) is 4.13. The minimum absolute atomic E-state index is 0. The number of hydrogen-bond acceptors (Lipinski definition) is 6. The molecule has 3 aromatic carbocycles. The van der Waals surface area contributed by atoms with Crippen molar-refractivity contribution < 1.29 is 18.9 Å². The Morgan fingerprint density at radius 3 is 1.85 bits per heavy atom. The van der Waals surface area contributed by atoms with Gasteiger partial charge in [-0.15, -0.1) is 0 Å². The summed E-state index contributed by atoms with van der Waals surface area (Å²) in [4.78, 5) is 9.62. The largest absolute Gasteiger partial charge is 0 e. The predicted molar refractivity (Wildman–Crippen MR) is 163 cm³/mol. The SMILES string of the molecule is Cc1ccc(COc2ccc(-c3ccc(C4=NC(C)(C)CO4)c(C4=NC(C)(C)CO4)c3)cc2)cc1.O=BC[Si].[Si]. The first kappa shape index (κ1) is 31.2. The molecule has 203 valence electrons. The van der Waals surface area contributed by atoms with Crippen molar-refractivity contribution in [1.82, 2.24) is 0 Å². The molecular weight excluding hydrogens is 531 g/mol. The van der Waals surface area contributed by atoms with Gasteiger partial charge in [0.15, 0.2) is 0 Å². The zero-order valence-corrected chi connectivity index (χ0v) is 25.8. The third-order valence-corrected chi connectivity index (χ3v) is 6.38. The van der Waals surface area contributed by atoms with Gasteiger partial charge in [0.2, 0.25) is 11.8 Å². The Morgan fingerprint density at radius 2 is 1.35 bits per heavy atom. The molecule has 3 aromatic rings. The molecule has 0 unspecified atom stereocenters. The van der Waals surface area contributed by atoms with Crippen LogP contribution in [0.2, 0.25) is 5.94 Å². The van der Waals surface area contributed by atoms with Crippen LogP contribution in [0.25, 0.3) is 11.1 Å². The molecule has 40 heavy (non-hydrogen) atoms. The molecule has 5 rings (SSSR count). The van der Waals surface area contributed by atoms with Crippen molar-refractivity contribution in [2.24, 2.45) is 9.98 Å². The second-order valence-electron chi connectivity index (χ2n) is 11.0. The number of hydrogen-bond donors (Lipinski definition) is 0. The first-order valence-electron chi connectivity index (χ1n) is 13.1. The van der Waals surface area contributed by atoms with Gasteiger partial charge in [0, 0.05) is 22.1 Å². The van der Waals surface area contributed by atoms with Crippen LogP contribution in [0.5, 0.6) is 5.75 Å². The second-order valence-corrected chi connectivity index (χ2v) is 11.4. The van der Waals surface area contributed by atoms with Gasteiger partial charge in [0.1, 0.15) is 25.6 Å². The molecule has 0 fully saturated rings. The average molecular weight is 566 g/mol. The summed E-state index contributed by atoms with van der Waals surface area (Å²) in [5.41, 5.74) is 5.89. The van der Waals surface area contributed by atoms with Crippen molar-refractivity contribution >= 4 is 40.2 Å². The molecule has 2 aliphatic heterocycles. The van der Waals surface area contributed by atoms with Crippen molar-refractivity contribution in [3.63, 3.8) is 0 Å². The maximum absolute atomic E-state index is 9.12. The Bertz CT molecular complexity index is 1370. The molecule has 0 N–H and O–H groups in total. The topological polar surface area (TPSA) is 69.5 Å². The van der Waals surface area contributed by atoms with E-state index in [-0.39, 0.29) is 22.0 Å². The molecule has 2 aliphatic rings. The molecule has 6 nitrogen and oxygen atoms in total. The van der Waals surface area contributed by atoms with Gasteiger partial charge in [-0.2, -0.15) is 0 Å². The summed E-state index contributed by atoms with van der Waals surface area (Å²) in [6, 6.07) is 22.9. The molecule has 0 atom stereocenters. The van der Waals surface area contributed by atoms with Gasteiger partial charge >= 0.3 is 28.0 Å². The number of ether oxygens (including phenoxy) is 3. The van der Waals surface area contributed by atoms with Crippen LogP contribution in [0.15, 0.2) is 76.7 Å².